The zero-order valence-corrected chi connectivity index (χ0v) is 23.6. The molecule has 0 radical (unpaired) electrons. The van der Waals surface area contributed by atoms with Crippen molar-refractivity contribution in [3.63, 3.8) is 0 Å². The number of rotatable bonds is 13. The Morgan fingerprint density at radius 1 is 1.07 bits per heavy atom. The van der Waals surface area contributed by atoms with Gasteiger partial charge >= 0.3 is 0 Å². The molecule has 11 heteroatoms. The van der Waals surface area contributed by atoms with Crippen LogP contribution in [0.3, 0.4) is 0 Å². The Morgan fingerprint density at radius 2 is 1.90 bits per heavy atom. The predicted octanol–water partition coefficient (Wildman–Crippen LogP) is 3.29. The summed E-state index contributed by atoms with van der Waals surface area (Å²) in [5, 5.41) is 11.6. The van der Waals surface area contributed by atoms with Crippen LogP contribution in [0.1, 0.15) is 24.7 Å². The first-order valence-electron chi connectivity index (χ1n) is 13.8. The Balaban J connectivity index is 1.38. The van der Waals surface area contributed by atoms with Crippen LogP contribution in [0.4, 0.5) is 8.78 Å². The van der Waals surface area contributed by atoms with Gasteiger partial charge in [-0.1, -0.05) is 19.1 Å². The lowest BCUT2D eigenvalue weighted by Gasteiger charge is -2.33. The summed E-state index contributed by atoms with van der Waals surface area (Å²) in [4.78, 5) is 20.6. The summed E-state index contributed by atoms with van der Waals surface area (Å²) >= 11 is 0. The van der Waals surface area contributed by atoms with E-state index in [0.29, 0.717) is 26.2 Å². The Hall–Kier alpha value is -3.54. The van der Waals surface area contributed by atoms with Gasteiger partial charge in [-0.25, -0.2) is 13.8 Å². The summed E-state index contributed by atoms with van der Waals surface area (Å²) in [6.45, 7) is 4.76. The molecule has 1 amide bonds. The molecule has 0 bridgehead atoms. The monoisotopic (exact) mass is 572 g/mol. The number of benzene rings is 2. The van der Waals surface area contributed by atoms with Gasteiger partial charge in [-0.05, 0) is 36.2 Å². The molecule has 2 heterocycles. The standard InChI is InChI=1S/C30H38F2N4O5/c1-3-28-33-10-12-35(28)11-5-15-40-24-7-4-6-23(16-24)18-34-13-14-36(29(37)19-39-2)21-30(38,20-34)22-41-25-8-9-26(31)27(32)17-25/h4,6-10,12,16-17,38H,3,5,11,13-15,18-22H2,1-2H3/t30-/m1/s1. The van der Waals surface area contributed by atoms with E-state index in [9.17, 15) is 18.7 Å². The second-order valence-corrected chi connectivity index (χ2v) is 10.3. The Labute approximate surface area is 239 Å². The van der Waals surface area contributed by atoms with Crippen LogP contribution in [0.15, 0.2) is 54.9 Å². The molecule has 0 aliphatic carbocycles. The number of carbonyl (C=O) groups excluding carboxylic acids is 1. The summed E-state index contributed by atoms with van der Waals surface area (Å²) in [7, 11) is 1.44. The zero-order valence-electron chi connectivity index (χ0n) is 23.6. The highest BCUT2D eigenvalue weighted by molar-refractivity contribution is 5.77. The van der Waals surface area contributed by atoms with Gasteiger partial charge in [0.2, 0.25) is 5.91 Å². The number of methoxy groups -OCH3 is 1. The van der Waals surface area contributed by atoms with E-state index in [-0.39, 0.29) is 38.0 Å². The minimum atomic E-state index is -1.47. The Kier molecular flexibility index (Phi) is 10.7. The number of ether oxygens (including phenoxy) is 3. The molecule has 1 aliphatic heterocycles. The summed E-state index contributed by atoms with van der Waals surface area (Å²) in [5.41, 5.74) is -0.477. The number of hydrogen-bond acceptors (Lipinski definition) is 7. The molecule has 9 nitrogen and oxygen atoms in total. The van der Waals surface area contributed by atoms with E-state index >= 15 is 0 Å². The average molecular weight is 573 g/mol. The van der Waals surface area contributed by atoms with Crippen molar-refractivity contribution in [3.05, 3.63) is 77.9 Å². The number of halogens is 2. The number of aromatic nitrogens is 2. The van der Waals surface area contributed by atoms with E-state index in [2.05, 4.69) is 16.5 Å². The smallest absolute Gasteiger partial charge is 0.248 e. The molecule has 3 aromatic rings. The van der Waals surface area contributed by atoms with Crippen LogP contribution in [0.5, 0.6) is 11.5 Å². The molecule has 1 aromatic heterocycles. The number of β-amino-alcohol motifs (C(OH)–C–C–N with tert-alkyl or cyclic N) is 1. The molecular weight excluding hydrogens is 534 g/mol. The van der Waals surface area contributed by atoms with E-state index in [4.69, 9.17) is 14.2 Å². The maximum absolute atomic E-state index is 13.7. The highest BCUT2D eigenvalue weighted by Gasteiger charge is 2.37. The number of aryl methyl sites for hydroxylation is 2. The molecule has 2 aromatic carbocycles. The van der Waals surface area contributed by atoms with Gasteiger partial charge in [0.1, 0.15) is 36.1 Å². The highest BCUT2D eigenvalue weighted by Crippen LogP contribution is 2.22. The van der Waals surface area contributed by atoms with E-state index in [1.54, 1.807) is 4.90 Å². The Morgan fingerprint density at radius 3 is 2.68 bits per heavy atom. The van der Waals surface area contributed by atoms with Crippen molar-refractivity contribution in [2.45, 2.75) is 38.5 Å². The zero-order chi connectivity index (χ0) is 29.2. The SMILES string of the molecule is CCc1nccn1CCCOc1cccc(CN2CCN(C(=O)COC)C[C@@](O)(COc3ccc(F)c(F)c3)C2)c1. The highest BCUT2D eigenvalue weighted by atomic mass is 19.2. The van der Waals surface area contributed by atoms with Crippen molar-refractivity contribution in [2.24, 2.45) is 0 Å². The number of nitrogens with zero attached hydrogens (tertiary/aromatic N) is 4. The first-order valence-corrected chi connectivity index (χ1v) is 13.8. The molecule has 1 atom stereocenters. The Bertz CT molecular complexity index is 1290. The molecule has 1 N–H and O–H groups in total. The first kappa shape index (κ1) is 30.4. The third-order valence-corrected chi connectivity index (χ3v) is 6.94. The van der Waals surface area contributed by atoms with Gasteiger partial charge in [-0.2, -0.15) is 0 Å². The van der Waals surface area contributed by atoms with Gasteiger partial charge in [-0.15, -0.1) is 0 Å². The maximum Gasteiger partial charge on any atom is 0.248 e. The number of hydrogen-bond donors (Lipinski definition) is 1. The van der Waals surface area contributed by atoms with Crippen molar-refractivity contribution < 1.29 is 32.9 Å². The van der Waals surface area contributed by atoms with Gasteiger partial charge in [-0.3, -0.25) is 9.69 Å². The van der Waals surface area contributed by atoms with E-state index in [1.165, 1.54) is 13.2 Å². The maximum atomic E-state index is 13.7. The molecule has 0 spiro atoms. The third-order valence-electron chi connectivity index (χ3n) is 6.94. The van der Waals surface area contributed by atoms with Crippen molar-refractivity contribution in [1.29, 1.82) is 0 Å². The van der Waals surface area contributed by atoms with Crippen LogP contribution < -0.4 is 9.47 Å². The van der Waals surface area contributed by atoms with Crippen LogP contribution in [0, 0.1) is 11.6 Å². The summed E-state index contributed by atoms with van der Waals surface area (Å²) in [6.07, 6.45) is 5.52. The molecule has 4 rings (SSSR count). The quantitative estimate of drug-likeness (QED) is 0.315. The number of imidazole rings is 1. The van der Waals surface area contributed by atoms with E-state index in [1.807, 2.05) is 41.6 Å². The lowest BCUT2D eigenvalue weighted by Crippen LogP contribution is -2.52. The minimum absolute atomic E-state index is 0.00911. The van der Waals surface area contributed by atoms with Crippen molar-refractivity contribution >= 4 is 5.91 Å². The molecule has 222 valence electrons. The van der Waals surface area contributed by atoms with Crippen LogP contribution in [0.2, 0.25) is 0 Å². The van der Waals surface area contributed by atoms with Gasteiger partial charge in [0.25, 0.3) is 0 Å². The number of aliphatic hydroxyl groups is 1. The second-order valence-electron chi connectivity index (χ2n) is 10.3. The summed E-state index contributed by atoms with van der Waals surface area (Å²) in [6, 6.07) is 11.0. The van der Waals surface area contributed by atoms with Crippen molar-refractivity contribution in [2.75, 3.05) is 53.1 Å². The molecule has 1 saturated heterocycles. The minimum Gasteiger partial charge on any atom is -0.494 e. The van der Waals surface area contributed by atoms with Gasteiger partial charge < -0.3 is 28.8 Å². The molecule has 0 saturated carbocycles. The fraction of sp³-hybridized carbons (Fsp3) is 0.467. The summed E-state index contributed by atoms with van der Waals surface area (Å²) < 4.78 is 45.8. The topological polar surface area (TPSA) is 89.3 Å². The van der Waals surface area contributed by atoms with E-state index in [0.717, 1.165) is 48.7 Å². The van der Waals surface area contributed by atoms with Crippen molar-refractivity contribution in [1.82, 2.24) is 19.4 Å². The lowest BCUT2D eigenvalue weighted by atomic mass is 10.0. The number of amides is 1. The van der Waals surface area contributed by atoms with E-state index < -0.39 is 17.2 Å². The molecule has 0 unspecified atom stereocenters. The van der Waals surface area contributed by atoms with Crippen LogP contribution in [0.25, 0.3) is 0 Å². The molecular formula is C30H38F2N4O5. The van der Waals surface area contributed by atoms with Crippen LogP contribution in [-0.4, -0.2) is 89.1 Å². The number of carbonyl (C=O) groups is 1. The van der Waals surface area contributed by atoms with Crippen molar-refractivity contribution in [3.8, 4) is 11.5 Å². The van der Waals surface area contributed by atoms with Gasteiger partial charge in [0.05, 0.1) is 13.2 Å². The molecule has 1 aliphatic rings. The van der Waals surface area contributed by atoms with Crippen LogP contribution >= 0.6 is 0 Å². The summed E-state index contributed by atoms with van der Waals surface area (Å²) in [5.74, 6) is -0.370. The van der Waals surface area contributed by atoms with Crippen LogP contribution in [-0.2, 0) is 29.0 Å². The first-order chi connectivity index (χ1) is 19.8. The molecule has 41 heavy (non-hydrogen) atoms. The lowest BCUT2D eigenvalue weighted by molar-refractivity contribution is -0.138. The normalized spacial score (nSPS) is 17.8. The largest absolute Gasteiger partial charge is 0.494 e. The third kappa shape index (κ3) is 8.72. The fourth-order valence-corrected chi connectivity index (χ4v) is 4.95. The fourth-order valence-electron chi connectivity index (χ4n) is 4.95. The average Bonchev–Trinajstić information content (AvgIpc) is 3.34. The van der Waals surface area contributed by atoms with Gasteiger partial charge in [0, 0.05) is 64.7 Å². The second kappa shape index (κ2) is 14.4. The predicted molar refractivity (Wildman–Crippen MR) is 149 cm³/mol. The molecule has 1 fully saturated rings. The van der Waals surface area contributed by atoms with Gasteiger partial charge in [0.15, 0.2) is 11.6 Å².